The van der Waals surface area contributed by atoms with Gasteiger partial charge in [0.25, 0.3) is 0 Å². The molecule has 0 fully saturated rings. The van der Waals surface area contributed by atoms with Gasteiger partial charge in [-0.2, -0.15) is 10.5 Å². The third kappa shape index (κ3) is 9.87. The Balaban J connectivity index is -0.0000000208. The maximum absolute atomic E-state index is 7.76. The van der Waals surface area contributed by atoms with Crippen LogP contribution in [0.5, 0.6) is 0 Å². The predicted octanol–water partition coefficient (Wildman–Crippen LogP) is -5.18. The number of nitrogens with zero attached hydrogens (tertiary/aromatic N) is 2. The van der Waals surface area contributed by atoms with Crippen molar-refractivity contribution in [2.75, 3.05) is 0 Å². The van der Waals surface area contributed by atoms with Crippen LogP contribution >= 0.6 is 0 Å². The van der Waals surface area contributed by atoms with Gasteiger partial charge >= 0.3 is 59.1 Å². The van der Waals surface area contributed by atoms with Crippen LogP contribution < -0.4 is 59.1 Å². The van der Waals surface area contributed by atoms with E-state index in [0.29, 0.717) is 0 Å². The largest absolute Gasteiger partial charge is 1.00 e. The second-order valence-corrected chi connectivity index (χ2v) is 0.702. The van der Waals surface area contributed by atoms with E-state index in [4.69, 9.17) is 10.5 Å². The Labute approximate surface area is 95.7 Å². The fourth-order valence-electron chi connectivity index (χ4n) is 0.0250. The van der Waals surface area contributed by atoms with Crippen LogP contribution in [0.3, 0.4) is 0 Å². The minimum atomic E-state index is -0.0463. The fraction of sp³-hybridized carbons (Fsp3) is 0. The van der Waals surface area contributed by atoms with Crippen molar-refractivity contribution in [1.29, 1.82) is 10.5 Å². The van der Waals surface area contributed by atoms with Crippen molar-refractivity contribution in [1.82, 2.24) is 0 Å². The molecule has 2 nitrogen and oxygen atoms in total. The minimum absolute atomic E-state index is 0. The van der Waals surface area contributed by atoms with Crippen molar-refractivity contribution in [3.63, 3.8) is 0 Å². The first-order chi connectivity index (χ1) is 2.81. The summed E-state index contributed by atoms with van der Waals surface area (Å²) in [5.74, 6) is 0. The summed E-state index contributed by atoms with van der Waals surface area (Å²) in [6.45, 7) is 3.07. The molecule has 0 saturated heterocycles. The summed E-state index contributed by atoms with van der Waals surface area (Å²) in [4.78, 5) is 0. The van der Waals surface area contributed by atoms with E-state index < -0.39 is 0 Å². The SMILES string of the molecule is C=C(C#N)C#N.[H-].[H-].[Na+].[Na+]. The molecule has 0 saturated carbocycles. The van der Waals surface area contributed by atoms with Crippen LogP contribution in [0.15, 0.2) is 12.2 Å². The zero-order valence-corrected chi connectivity index (χ0v) is 9.10. The number of nitriles is 2. The Morgan fingerprint density at radius 1 is 1.25 bits per heavy atom. The Bertz CT molecular complexity index is 130. The summed E-state index contributed by atoms with van der Waals surface area (Å²) in [6, 6.07) is 3.12. The summed E-state index contributed by atoms with van der Waals surface area (Å²) in [5.41, 5.74) is -0.0463. The first kappa shape index (κ1) is 15.9. The molecule has 0 aromatic carbocycles. The second-order valence-electron chi connectivity index (χ2n) is 0.702. The molecule has 0 amide bonds. The van der Waals surface area contributed by atoms with Gasteiger partial charge in [0.1, 0.15) is 17.7 Å². The van der Waals surface area contributed by atoms with Gasteiger partial charge in [-0.25, -0.2) is 0 Å². The average Bonchev–Trinajstić information content (AvgIpc) is 1.65. The Morgan fingerprint density at radius 3 is 1.50 bits per heavy atom. The molecular weight excluding hydrogens is 122 g/mol. The molecule has 0 radical (unpaired) electrons. The van der Waals surface area contributed by atoms with E-state index in [9.17, 15) is 0 Å². The van der Waals surface area contributed by atoms with Crippen LogP contribution in [0.4, 0.5) is 0 Å². The molecule has 0 spiro atoms. The fourth-order valence-corrected chi connectivity index (χ4v) is 0.0250. The third-order valence-corrected chi connectivity index (χ3v) is 0.270. The van der Waals surface area contributed by atoms with Crippen molar-refractivity contribution < 1.29 is 62.0 Å². The maximum Gasteiger partial charge on any atom is 1.00 e. The topological polar surface area (TPSA) is 47.6 Å². The van der Waals surface area contributed by atoms with E-state index in [2.05, 4.69) is 6.58 Å². The van der Waals surface area contributed by atoms with Gasteiger partial charge in [0, 0.05) is 0 Å². The van der Waals surface area contributed by atoms with Gasteiger partial charge in [0.15, 0.2) is 0 Å². The van der Waals surface area contributed by atoms with Crippen LogP contribution in [0.25, 0.3) is 0 Å². The molecule has 32 valence electrons. The zero-order chi connectivity index (χ0) is 4.99. The van der Waals surface area contributed by atoms with Gasteiger partial charge in [0.2, 0.25) is 0 Å². The Morgan fingerprint density at radius 2 is 1.50 bits per heavy atom. The number of rotatable bonds is 0. The summed E-state index contributed by atoms with van der Waals surface area (Å²) in [5, 5.41) is 15.5. The van der Waals surface area contributed by atoms with Gasteiger partial charge in [0.05, 0.1) is 0 Å². The van der Waals surface area contributed by atoms with Gasteiger partial charge in [-0.15, -0.1) is 0 Å². The van der Waals surface area contributed by atoms with Crippen molar-refractivity contribution >= 4 is 0 Å². The molecule has 0 aromatic rings. The van der Waals surface area contributed by atoms with E-state index in [1.165, 1.54) is 0 Å². The minimum Gasteiger partial charge on any atom is -1.00 e. The molecule has 0 rings (SSSR count). The molecule has 0 aliphatic rings. The van der Waals surface area contributed by atoms with E-state index in [-0.39, 0.29) is 67.5 Å². The summed E-state index contributed by atoms with van der Waals surface area (Å²) in [7, 11) is 0. The predicted molar refractivity (Wildman–Crippen MR) is 22.6 cm³/mol. The van der Waals surface area contributed by atoms with Gasteiger partial charge in [-0.1, -0.05) is 6.58 Å². The van der Waals surface area contributed by atoms with Gasteiger partial charge in [-0.3, -0.25) is 0 Å². The standard InChI is InChI=1S/C4H2N2.2Na.2H/c1-4(2-5)3-6;;;;/h1H2;;;;/q;2*+1;2*-1. The first-order valence-electron chi connectivity index (χ1n) is 1.30. The molecule has 0 unspecified atom stereocenters. The number of hydrogen-bond donors (Lipinski definition) is 0. The molecule has 0 heterocycles. The van der Waals surface area contributed by atoms with Crippen LogP contribution in [-0.2, 0) is 0 Å². The first-order valence-corrected chi connectivity index (χ1v) is 1.30. The molecule has 0 aromatic heterocycles. The summed E-state index contributed by atoms with van der Waals surface area (Å²) < 4.78 is 0. The number of allylic oxidation sites excluding steroid dienone is 1. The van der Waals surface area contributed by atoms with Crippen LogP contribution in [-0.4, -0.2) is 0 Å². The molecule has 8 heavy (non-hydrogen) atoms. The second kappa shape index (κ2) is 10.7. The van der Waals surface area contributed by atoms with E-state index in [1.807, 2.05) is 0 Å². The zero-order valence-electron chi connectivity index (χ0n) is 7.10. The third-order valence-electron chi connectivity index (χ3n) is 0.270. The monoisotopic (exact) mass is 126 g/mol. The Hall–Kier alpha value is 0.720. The molecule has 0 aliphatic heterocycles. The molecule has 0 N–H and O–H groups in total. The van der Waals surface area contributed by atoms with Crippen molar-refractivity contribution in [3.8, 4) is 12.1 Å². The van der Waals surface area contributed by atoms with Crippen LogP contribution in [0, 0.1) is 22.7 Å². The van der Waals surface area contributed by atoms with Gasteiger partial charge < -0.3 is 2.85 Å². The van der Waals surface area contributed by atoms with Crippen molar-refractivity contribution in [2.24, 2.45) is 0 Å². The van der Waals surface area contributed by atoms with E-state index in [1.54, 1.807) is 12.1 Å². The van der Waals surface area contributed by atoms with Crippen molar-refractivity contribution in [3.05, 3.63) is 12.2 Å². The number of hydrogen-bond acceptors (Lipinski definition) is 2. The molecule has 0 aliphatic carbocycles. The van der Waals surface area contributed by atoms with Gasteiger partial charge in [-0.05, 0) is 0 Å². The molecule has 0 atom stereocenters. The summed E-state index contributed by atoms with van der Waals surface area (Å²) >= 11 is 0. The van der Waals surface area contributed by atoms with E-state index >= 15 is 0 Å². The van der Waals surface area contributed by atoms with Crippen LogP contribution in [0.1, 0.15) is 2.85 Å². The molecule has 0 bridgehead atoms. The maximum atomic E-state index is 7.76. The smallest absolute Gasteiger partial charge is 1.00 e. The summed E-state index contributed by atoms with van der Waals surface area (Å²) in [6.07, 6.45) is 0. The van der Waals surface area contributed by atoms with Crippen molar-refractivity contribution in [2.45, 2.75) is 0 Å². The normalized spacial score (nSPS) is 3.75. The molecular formula is C4H4N2Na2. The van der Waals surface area contributed by atoms with Crippen LogP contribution in [0.2, 0.25) is 0 Å². The quantitative estimate of drug-likeness (QED) is 0.240. The average molecular weight is 126 g/mol. The molecule has 4 heteroatoms. The van der Waals surface area contributed by atoms with E-state index in [0.717, 1.165) is 0 Å². The Kier molecular flexibility index (Phi) is 21.2.